The lowest BCUT2D eigenvalue weighted by molar-refractivity contribution is 0.101. The van der Waals surface area contributed by atoms with Gasteiger partial charge in [0.2, 0.25) is 20.0 Å². The monoisotopic (exact) mass is 608 g/mol. The minimum Gasteiger partial charge on any atom is -0.321 e. The molecule has 4 aromatic rings. The van der Waals surface area contributed by atoms with E-state index in [-0.39, 0.29) is 20.9 Å². The third kappa shape index (κ3) is 7.89. The summed E-state index contributed by atoms with van der Waals surface area (Å²) in [6.07, 6.45) is 0. The molecule has 0 aliphatic carbocycles. The lowest BCUT2D eigenvalue weighted by atomic mass is 10.1. The summed E-state index contributed by atoms with van der Waals surface area (Å²) >= 11 is 0. The summed E-state index contributed by atoms with van der Waals surface area (Å²) in [6.45, 7) is 7.48. The van der Waals surface area contributed by atoms with Crippen molar-refractivity contribution in [2.24, 2.45) is 10.3 Å². The lowest BCUT2D eigenvalue weighted by Crippen LogP contribution is -2.21. The molecule has 0 atom stereocenters. The van der Waals surface area contributed by atoms with Crippen LogP contribution in [0.1, 0.15) is 43.0 Å². The SMILES string of the molecule is Cc1cccc(C)c1NC(=O)c1ccccc1S(N)(=O)=O.Cc1cccc(C)c1NC(=O)c1ccccc1S(N)(=O)=O. The van der Waals surface area contributed by atoms with Gasteiger partial charge in [0.15, 0.2) is 0 Å². The van der Waals surface area contributed by atoms with E-state index in [9.17, 15) is 26.4 Å². The summed E-state index contributed by atoms with van der Waals surface area (Å²) in [7, 11) is -7.90. The fourth-order valence-electron chi connectivity index (χ4n) is 4.19. The van der Waals surface area contributed by atoms with Crippen LogP contribution in [0.2, 0.25) is 0 Å². The number of amides is 2. The highest BCUT2D eigenvalue weighted by Gasteiger charge is 2.20. The molecule has 0 saturated carbocycles. The molecule has 0 saturated heterocycles. The number of hydrogen-bond donors (Lipinski definition) is 4. The minimum absolute atomic E-state index is 0.0302. The number of primary sulfonamides is 2. The second kappa shape index (κ2) is 13.1. The first-order valence-electron chi connectivity index (χ1n) is 12.6. The maximum absolute atomic E-state index is 12.4. The highest BCUT2D eigenvalue weighted by molar-refractivity contribution is 7.89. The Kier molecular flexibility index (Phi) is 10.0. The molecule has 10 nitrogen and oxygen atoms in total. The van der Waals surface area contributed by atoms with Gasteiger partial charge in [-0.2, -0.15) is 0 Å². The van der Waals surface area contributed by atoms with E-state index in [0.717, 1.165) is 22.3 Å². The number of nitrogens with one attached hydrogen (secondary N) is 2. The smallest absolute Gasteiger partial charge is 0.257 e. The maximum atomic E-state index is 12.4. The Labute approximate surface area is 245 Å². The van der Waals surface area contributed by atoms with E-state index in [1.807, 2.05) is 64.1 Å². The van der Waals surface area contributed by atoms with Gasteiger partial charge < -0.3 is 10.6 Å². The van der Waals surface area contributed by atoms with Crippen LogP contribution in [-0.2, 0) is 20.0 Å². The number of carbonyl (C=O) groups is 2. The summed E-state index contributed by atoms with van der Waals surface area (Å²) < 4.78 is 46.2. The van der Waals surface area contributed by atoms with Gasteiger partial charge >= 0.3 is 0 Å². The number of para-hydroxylation sites is 2. The number of rotatable bonds is 6. The average Bonchev–Trinajstić information content (AvgIpc) is 2.92. The van der Waals surface area contributed by atoms with E-state index in [1.165, 1.54) is 36.4 Å². The van der Waals surface area contributed by atoms with E-state index in [1.54, 1.807) is 12.1 Å². The Bertz CT molecular complexity index is 1690. The standard InChI is InChI=1S/2C15H16N2O3S/c2*1-10-6-5-7-11(2)14(10)17-15(18)12-8-3-4-9-13(12)21(16,19)20/h2*3-9H,1-2H3,(H,17,18)(H2,16,19,20). The highest BCUT2D eigenvalue weighted by Crippen LogP contribution is 2.23. The number of carbonyl (C=O) groups excluding carboxylic acids is 2. The molecule has 2 amide bonds. The quantitative estimate of drug-likeness (QED) is 0.252. The van der Waals surface area contributed by atoms with Crippen LogP contribution in [0.5, 0.6) is 0 Å². The number of aryl methyl sites for hydroxylation is 4. The van der Waals surface area contributed by atoms with E-state index < -0.39 is 31.9 Å². The molecule has 42 heavy (non-hydrogen) atoms. The number of benzene rings is 4. The first-order chi connectivity index (χ1) is 19.6. The van der Waals surface area contributed by atoms with Crippen molar-refractivity contribution >= 4 is 43.2 Å². The Balaban J connectivity index is 0.000000230. The molecule has 0 heterocycles. The van der Waals surface area contributed by atoms with Gasteiger partial charge in [0, 0.05) is 11.4 Å². The fourth-order valence-corrected chi connectivity index (χ4v) is 5.66. The molecule has 4 rings (SSSR count). The van der Waals surface area contributed by atoms with Crippen molar-refractivity contribution in [3.8, 4) is 0 Å². The highest BCUT2D eigenvalue weighted by atomic mass is 32.2. The summed E-state index contributed by atoms with van der Waals surface area (Å²) in [6, 6.07) is 23.0. The average molecular weight is 609 g/mol. The molecule has 0 aromatic heterocycles. The molecular weight excluding hydrogens is 576 g/mol. The Morgan fingerprint density at radius 3 is 1.07 bits per heavy atom. The van der Waals surface area contributed by atoms with Gasteiger partial charge in [-0.1, -0.05) is 60.7 Å². The van der Waals surface area contributed by atoms with Crippen LogP contribution < -0.4 is 20.9 Å². The number of sulfonamides is 2. The molecule has 4 aromatic carbocycles. The zero-order valence-electron chi connectivity index (χ0n) is 23.5. The third-order valence-corrected chi connectivity index (χ3v) is 8.25. The zero-order valence-corrected chi connectivity index (χ0v) is 25.1. The summed E-state index contributed by atoms with van der Waals surface area (Å²) in [5.41, 5.74) is 5.00. The molecule has 0 bridgehead atoms. The molecule has 0 spiro atoms. The topological polar surface area (TPSA) is 179 Å². The third-order valence-electron chi connectivity index (χ3n) is 6.32. The zero-order chi connectivity index (χ0) is 31.2. The Morgan fingerprint density at radius 1 is 0.500 bits per heavy atom. The molecular formula is C30H32N4O6S2. The molecule has 0 radical (unpaired) electrons. The van der Waals surface area contributed by atoms with Crippen molar-refractivity contribution in [3.05, 3.63) is 118 Å². The predicted octanol–water partition coefficient (Wildman–Crippen LogP) is 4.41. The first kappa shape index (κ1) is 32.2. The lowest BCUT2D eigenvalue weighted by Gasteiger charge is -2.13. The van der Waals surface area contributed by atoms with Crippen LogP contribution in [-0.4, -0.2) is 28.6 Å². The van der Waals surface area contributed by atoms with Crippen LogP contribution in [0, 0.1) is 27.7 Å². The van der Waals surface area contributed by atoms with Crippen LogP contribution >= 0.6 is 0 Å². The van der Waals surface area contributed by atoms with Crippen molar-refractivity contribution < 1.29 is 26.4 Å². The van der Waals surface area contributed by atoms with E-state index >= 15 is 0 Å². The van der Waals surface area contributed by atoms with Crippen LogP contribution in [0.3, 0.4) is 0 Å². The van der Waals surface area contributed by atoms with Crippen LogP contribution in [0.25, 0.3) is 0 Å². The van der Waals surface area contributed by atoms with E-state index in [4.69, 9.17) is 10.3 Å². The van der Waals surface area contributed by atoms with Gasteiger partial charge in [0.05, 0.1) is 20.9 Å². The second-order valence-electron chi connectivity index (χ2n) is 9.52. The number of hydrogen-bond acceptors (Lipinski definition) is 6. The minimum atomic E-state index is -3.95. The molecule has 0 aliphatic rings. The van der Waals surface area contributed by atoms with Crippen molar-refractivity contribution in [1.82, 2.24) is 0 Å². The van der Waals surface area contributed by atoms with Gasteiger partial charge in [-0.15, -0.1) is 0 Å². The second-order valence-corrected chi connectivity index (χ2v) is 12.6. The van der Waals surface area contributed by atoms with E-state index in [0.29, 0.717) is 11.4 Å². The van der Waals surface area contributed by atoms with Gasteiger partial charge in [-0.25, -0.2) is 27.1 Å². The van der Waals surface area contributed by atoms with Crippen molar-refractivity contribution in [1.29, 1.82) is 0 Å². The normalized spacial score (nSPS) is 11.2. The number of anilines is 2. The van der Waals surface area contributed by atoms with E-state index in [2.05, 4.69) is 10.6 Å². The molecule has 6 N–H and O–H groups in total. The summed E-state index contributed by atoms with van der Waals surface area (Å²) in [4.78, 5) is 24.3. The Hall–Kier alpha value is -4.36. The van der Waals surface area contributed by atoms with Crippen LogP contribution in [0.15, 0.2) is 94.7 Å². The van der Waals surface area contributed by atoms with Crippen LogP contribution in [0.4, 0.5) is 11.4 Å². The van der Waals surface area contributed by atoms with Gasteiger partial charge in [-0.3, -0.25) is 9.59 Å². The van der Waals surface area contributed by atoms with Crippen molar-refractivity contribution in [2.75, 3.05) is 10.6 Å². The molecule has 12 heteroatoms. The summed E-state index contributed by atoms with van der Waals surface area (Å²) in [5.74, 6) is -1.01. The molecule has 0 aliphatic heterocycles. The van der Waals surface area contributed by atoms with Crippen molar-refractivity contribution in [2.45, 2.75) is 37.5 Å². The fraction of sp³-hybridized carbons (Fsp3) is 0.133. The summed E-state index contributed by atoms with van der Waals surface area (Å²) in [5, 5.41) is 15.8. The maximum Gasteiger partial charge on any atom is 0.257 e. The molecule has 0 unspecified atom stereocenters. The molecule has 0 fully saturated rings. The largest absolute Gasteiger partial charge is 0.321 e. The van der Waals surface area contributed by atoms with Crippen molar-refractivity contribution in [3.63, 3.8) is 0 Å². The van der Waals surface area contributed by atoms with Gasteiger partial charge in [0.25, 0.3) is 11.8 Å². The number of nitrogens with two attached hydrogens (primary N) is 2. The Morgan fingerprint density at radius 2 is 0.786 bits per heavy atom. The van der Waals surface area contributed by atoms with Gasteiger partial charge in [0.1, 0.15) is 0 Å². The first-order valence-corrected chi connectivity index (χ1v) is 15.7. The molecule has 220 valence electrons. The van der Waals surface area contributed by atoms with Gasteiger partial charge in [-0.05, 0) is 74.2 Å². The predicted molar refractivity (Wildman–Crippen MR) is 163 cm³/mol.